The second kappa shape index (κ2) is 5.32. The molecule has 0 aliphatic carbocycles. The minimum absolute atomic E-state index is 0.168. The van der Waals surface area contributed by atoms with Crippen LogP contribution in [0.4, 0.5) is 5.69 Å². The van der Waals surface area contributed by atoms with Gasteiger partial charge in [0, 0.05) is 18.8 Å². The number of hydrogen-bond acceptors (Lipinski definition) is 4. The van der Waals surface area contributed by atoms with Crippen molar-refractivity contribution < 1.29 is 0 Å². The maximum atomic E-state index is 8.89. The van der Waals surface area contributed by atoms with Crippen LogP contribution in [0.3, 0.4) is 0 Å². The van der Waals surface area contributed by atoms with E-state index in [4.69, 9.17) is 11.0 Å². The zero-order chi connectivity index (χ0) is 11.3. The lowest BCUT2D eigenvalue weighted by Gasteiger charge is -2.21. The van der Waals surface area contributed by atoms with Crippen molar-refractivity contribution in [2.75, 3.05) is 11.9 Å². The van der Waals surface area contributed by atoms with Gasteiger partial charge >= 0.3 is 0 Å². The fourth-order valence-electron chi connectivity index (χ4n) is 1.30. The number of nitrogens with one attached hydrogen (secondary N) is 1. The summed E-state index contributed by atoms with van der Waals surface area (Å²) in [7, 11) is 0. The lowest BCUT2D eigenvalue weighted by atomic mass is 10.0. The Labute approximate surface area is 90.1 Å². The van der Waals surface area contributed by atoms with Crippen molar-refractivity contribution in [2.24, 2.45) is 11.7 Å². The number of nitriles is 1. The fraction of sp³-hybridized carbons (Fsp3) is 0.455. The molecular formula is C11H16N4. The number of rotatable bonds is 4. The SMILES string of the molecule is CC(C)C(CN)Nc1cnccc1C#N. The third kappa shape index (κ3) is 2.93. The van der Waals surface area contributed by atoms with Gasteiger partial charge in [-0.15, -0.1) is 0 Å². The zero-order valence-electron chi connectivity index (χ0n) is 9.07. The Morgan fingerprint density at radius 2 is 2.33 bits per heavy atom. The summed E-state index contributed by atoms with van der Waals surface area (Å²) in [5.74, 6) is 0.418. The van der Waals surface area contributed by atoms with E-state index >= 15 is 0 Å². The first-order valence-corrected chi connectivity index (χ1v) is 4.99. The average molecular weight is 204 g/mol. The molecule has 0 radical (unpaired) electrons. The molecule has 80 valence electrons. The molecule has 0 spiro atoms. The molecule has 0 bridgehead atoms. The summed E-state index contributed by atoms with van der Waals surface area (Å²) < 4.78 is 0. The lowest BCUT2D eigenvalue weighted by Crippen LogP contribution is -2.33. The molecule has 1 rings (SSSR count). The Morgan fingerprint density at radius 1 is 1.60 bits per heavy atom. The van der Waals surface area contributed by atoms with Gasteiger partial charge in [0.1, 0.15) is 6.07 Å². The molecule has 15 heavy (non-hydrogen) atoms. The highest BCUT2D eigenvalue weighted by molar-refractivity contribution is 5.55. The van der Waals surface area contributed by atoms with E-state index in [0.717, 1.165) is 5.69 Å². The molecule has 0 saturated carbocycles. The second-order valence-electron chi connectivity index (χ2n) is 3.76. The third-order valence-electron chi connectivity index (χ3n) is 2.34. The van der Waals surface area contributed by atoms with Crippen LogP contribution in [0, 0.1) is 17.2 Å². The number of hydrogen-bond donors (Lipinski definition) is 2. The highest BCUT2D eigenvalue weighted by Crippen LogP contribution is 2.15. The lowest BCUT2D eigenvalue weighted by molar-refractivity contribution is 0.531. The molecule has 4 nitrogen and oxygen atoms in total. The number of anilines is 1. The quantitative estimate of drug-likeness (QED) is 0.776. The maximum Gasteiger partial charge on any atom is 0.101 e. The van der Waals surface area contributed by atoms with Gasteiger partial charge < -0.3 is 11.1 Å². The van der Waals surface area contributed by atoms with Crippen LogP contribution in [0.2, 0.25) is 0 Å². The highest BCUT2D eigenvalue weighted by Gasteiger charge is 2.12. The van der Waals surface area contributed by atoms with E-state index in [2.05, 4.69) is 30.2 Å². The summed E-state index contributed by atoms with van der Waals surface area (Å²) in [4.78, 5) is 3.99. The summed E-state index contributed by atoms with van der Waals surface area (Å²) in [6, 6.07) is 3.98. The van der Waals surface area contributed by atoms with E-state index in [9.17, 15) is 0 Å². The topological polar surface area (TPSA) is 74.7 Å². The van der Waals surface area contributed by atoms with E-state index in [1.165, 1.54) is 0 Å². The largest absolute Gasteiger partial charge is 0.378 e. The number of nitrogens with zero attached hydrogens (tertiary/aromatic N) is 2. The summed E-state index contributed by atoms with van der Waals surface area (Å²) in [5.41, 5.74) is 7.00. The number of pyridine rings is 1. The Bertz CT molecular complexity index is 354. The molecule has 1 unspecified atom stereocenters. The maximum absolute atomic E-state index is 8.89. The Kier molecular flexibility index (Phi) is 4.07. The van der Waals surface area contributed by atoms with Crippen molar-refractivity contribution in [2.45, 2.75) is 19.9 Å². The van der Waals surface area contributed by atoms with Gasteiger partial charge in [0.2, 0.25) is 0 Å². The van der Waals surface area contributed by atoms with Gasteiger partial charge in [0.15, 0.2) is 0 Å². The molecule has 1 atom stereocenters. The van der Waals surface area contributed by atoms with Gasteiger partial charge in [-0.25, -0.2) is 0 Å². The van der Waals surface area contributed by atoms with E-state index < -0.39 is 0 Å². The Hall–Kier alpha value is -1.60. The normalized spacial score (nSPS) is 12.2. The molecule has 0 aromatic carbocycles. The molecule has 1 aromatic heterocycles. The van der Waals surface area contributed by atoms with E-state index in [1.54, 1.807) is 18.5 Å². The minimum atomic E-state index is 0.168. The van der Waals surface area contributed by atoms with Gasteiger partial charge in [0.05, 0.1) is 17.4 Å². The predicted molar refractivity (Wildman–Crippen MR) is 60.3 cm³/mol. The van der Waals surface area contributed by atoms with E-state index in [0.29, 0.717) is 18.0 Å². The van der Waals surface area contributed by atoms with Gasteiger partial charge in [0.25, 0.3) is 0 Å². The molecule has 0 aliphatic rings. The van der Waals surface area contributed by atoms with Crippen LogP contribution in [0.15, 0.2) is 18.5 Å². The highest BCUT2D eigenvalue weighted by atomic mass is 15.0. The van der Waals surface area contributed by atoms with Gasteiger partial charge in [-0.05, 0) is 12.0 Å². The number of nitrogens with two attached hydrogens (primary N) is 1. The molecule has 1 aromatic rings. The van der Waals surface area contributed by atoms with Crippen molar-refractivity contribution in [3.05, 3.63) is 24.0 Å². The van der Waals surface area contributed by atoms with Crippen LogP contribution in [0.5, 0.6) is 0 Å². The summed E-state index contributed by atoms with van der Waals surface area (Å²) in [6.45, 7) is 4.72. The van der Waals surface area contributed by atoms with Gasteiger partial charge in [-0.3, -0.25) is 4.98 Å². The first kappa shape index (κ1) is 11.5. The molecular weight excluding hydrogens is 188 g/mol. The first-order chi connectivity index (χ1) is 7.19. The van der Waals surface area contributed by atoms with Crippen LogP contribution in [-0.2, 0) is 0 Å². The van der Waals surface area contributed by atoms with Crippen molar-refractivity contribution in [1.29, 1.82) is 5.26 Å². The standard InChI is InChI=1S/C11H16N4/c1-8(2)10(6-13)15-11-7-14-4-3-9(11)5-12/h3-4,7-8,10,15H,6,13H2,1-2H3. The van der Waals surface area contributed by atoms with Crippen LogP contribution >= 0.6 is 0 Å². The van der Waals surface area contributed by atoms with Gasteiger partial charge in [-0.2, -0.15) is 5.26 Å². The molecule has 0 saturated heterocycles. The van der Waals surface area contributed by atoms with Crippen LogP contribution < -0.4 is 11.1 Å². The summed E-state index contributed by atoms with van der Waals surface area (Å²) in [6.07, 6.45) is 3.26. The van der Waals surface area contributed by atoms with E-state index in [1.807, 2.05) is 0 Å². The molecule has 0 aliphatic heterocycles. The average Bonchev–Trinajstić information content (AvgIpc) is 2.25. The molecule has 3 N–H and O–H groups in total. The smallest absolute Gasteiger partial charge is 0.101 e. The number of aromatic nitrogens is 1. The Balaban J connectivity index is 2.84. The van der Waals surface area contributed by atoms with Crippen molar-refractivity contribution >= 4 is 5.69 Å². The van der Waals surface area contributed by atoms with Crippen LogP contribution in [0.25, 0.3) is 0 Å². The second-order valence-corrected chi connectivity index (χ2v) is 3.76. The minimum Gasteiger partial charge on any atom is -0.378 e. The molecule has 0 amide bonds. The summed E-state index contributed by atoms with van der Waals surface area (Å²) >= 11 is 0. The molecule has 4 heteroatoms. The van der Waals surface area contributed by atoms with Crippen LogP contribution in [0.1, 0.15) is 19.4 Å². The van der Waals surface area contributed by atoms with Crippen molar-refractivity contribution in [1.82, 2.24) is 4.98 Å². The monoisotopic (exact) mass is 204 g/mol. The predicted octanol–water partition coefficient (Wildman–Crippen LogP) is 1.35. The fourth-order valence-corrected chi connectivity index (χ4v) is 1.30. The Morgan fingerprint density at radius 3 is 2.87 bits per heavy atom. The summed E-state index contributed by atoms with van der Waals surface area (Å²) in [5, 5.41) is 12.1. The van der Waals surface area contributed by atoms with E-state index in [-0.39, 0.29) is 6.04 Å². The van der Waals surface area contributed by atoms with Crippen LogP contribution in [-0.4, -0.2) is 17.6 Å². The third-order valence-corrected chi connectivity index (χ3v) is 2.34. The zero-order valence-corrected chi connectivity index (χ0v) is 9.07. The molecule has 0 fully saturated rings. The molecule has 1 heterocycles. The first-order valence-electron chi connectivity index (χ1n) is 4.99. The van der Waals surface area contributed by atoms with Crippen molar-refractivity contribution in [3.8, 4) is 6.07 Å². The van der Waals surface area contributed by atoms with Gasteiger partial charge in [-0.1, -0.05) is 13.8 Å². The van der Waals surface area contributed by atoms with Crippen molar-refractivity contribution in [3.63, 3.8) is 0 Å².